The van der Waals surface area contributed by atoms with E-state index >= 15 is 0 Å². The van der Waals surface area contributed by atoms with Crippen LogP contribution in [-0.2, 0) is 17.9 Å². The van der Waals surface area contributed by atoms with Gasteiger partial charge in [0.25, 0.3) is 5.91 Å². The third-order valence-corrected chi connectivity index (χ3v) is 4.47. The molecule has 3 aromatic rings. The Kier molecular flexibility index (Phi) is 6.39. The van der Waals surface area contributed by atoms with E-state index in [9.17, 15) is 9.59 Å². The molecule has 0 radical (unpaired) electrons. The van der Waals surface area contributed by atoms with Crippen molar-refractivity contribution in [2.45, 2.75) is 26.4 Å². The summed E-state index contributed by atoms with van der Waals surface area (Å²) in [5, 5.41) is 2.88. The molecule has 0 saturated carbocycles. The van der Waals surface area contributed by atoms with Crippen molar-refractivity contribution in [3.63, 3.8) is 0 Å². The standard InChI is InChI=1S/C22H25N3O4/c1-4-21(26)23-17-9-10-19(24(2)3)16(13-17)14-25(15-18-7-5-11-28-18)22(27)20-8-6-12-29-20/h5-13H,4,14-15H2,1-3H3,(H,23,26). The van der Waals surface area contributed by atoms with E-state index < -0.39 is 0 Å². The van der Waals surface area contributed by atoms with Crippen molar-refractivity contribution in [2.75, 3.05) is 24.3 Å². The number of carbonyl (C=O) groups is 2. The van der Waals surface area contributed by atoms with E-state index in [1.807, 2.05) is 43.3 Å². The molecule has 3 rings (SSSR count). The van der Waals surface area contributed by atoms with Crippen molar-refractivity contribution < 1.29 is 18.4 Å². The molecule has 152 valence electrons. The minimum Gasteiger partial charge on any atom is -0.467 e. The third-order valence-electron chi connectivity index (χ3n) is 4.47. The molecule has 0 aliphatic rings. The summed E-state index contributed by atoms with van der Waals surface area (Å²) in [6.07, 6.45) is 3.45. The fourth-order valence-electron chi connectivity index (χ4n) is 3.03. The van der Waals surface area contributed by atoms with Gasteiger partial charge in [-0.2, -0.15) is 0 Å². The van der Waals surface area contributed by atoms with Gasteiger partial charge in [0.1, 0.15) is 5.76 Å². The minimum atomic E-state index is -0.237. The van der Waals surface area contributed by atoms with Crippen molar-refractivity contribution in [3.05, 3.63) is 72.1 Å². The highest BCUT2D eigenvalue weighted by molar-refractivity contribution is 5.92. The second kappa shape index (κ2) is 9.14. The van der Waals surface area contributed by atoms with Crippen LogP contribution in [0.15, 0.2) is 63.8 Å². The van der Waals surface area contributed by atoms with Gasteiger partial charge < -0.3 is 24.0 Å². The van der Waals surface area contributed by atoms with E-state index in [-0.39, 0.29) is 17.6 Å². The van der Waals surface area contributed by atoms with Crippen molar-refractivity contribution in [1.29, 1.82) is 0 Å². The first kappa shape index (κ1) is 20.3. The van der Waals surface area contributed by atoms with E-state index in [1.165, 1.54) is 6.26 Å². The lowest BCUT2D eigenvalue weighted by Gasteiger charge is -2.25. The molecular formula is C22H25N3O4. The summed E-state index contributed by atoms with van der Waals surface area (Å²) >= 11 is 0. The molecule has 2 heterocycles. The largest absolute Gasteiger partial charge is 0.467 e. The maximum atomic E-state index is 13.0. The zero-order valence-electron chi connectivity index (χ0n) is 16.8. The van der Waals surface area contributed by atoms with Gasteiger partial charge in [-0.3, -0.25) is 9.59 Å². The minimum absolute atomic E-state index is 0.0624. The van der Waals surface area contributed by atoms with Crippen LogP contribution in [0.25, 0.3) is 0 Å². The molecule has 0 bridgehead atoms. The number of nitrogens with zero attached hydrogens (tertiary/aromatic N) is 2. The Morgan fingerprint density at radius 1 is 1.00 bits per heavy atom. The molecule has 1 aromatic carbocycles. The van der Waals surface area contributed by atoms with Gasteiger partial charge in [-0.25, -0.2) is 0 Å². The van der Waals surface area contributed by atoms with Crippen LogP contribution in [0.3, 0.4) is 0 Å². The summed E-state index contributed by atoms with van der Waals surface area (Å²) in [5.41, 5.74) is 2.55. The van der Waals surface area contributed by atoms with Crippen LogP contribution in [0.5, 0.6) is 0 Å². The third kappa shape index (κ3) is 5.07. The molecule has 7 nitrogen and oxygen atoms in total. The lowest BCUT2D eigenvalue weighted by atomic mass is 10.1. The normalized spacial score (nSPS) is 10.6. The highest BCUT2D eigenvalue weighted by atomic mass is 16.3. The highest BCUT2D eigenvalue weighted by Crippen LogP contribution is 2.26. The molecule has 0 fully saturated rings. The van der Waals surface area contributed by atoms with Crippen molar-refractivity contribution in [1.82, 2.24) is 4.90 Å². The molecule has 7 heteroatoms. The summed E-state index contributed by atoms with van der Waals surface area (Å²) < 4.78 is 10.8. The molecular weight excluding hydrogens is 370 g/mol. The number of carbonyl (C=O) groups excluding carboxylic acids is 2. The molecule has 0 aliphatic carbocycles. The van der Waals surface area contributed by atoms with Crippen LogP contribution in [0.1, 0.15) is 35.2 Å². The second-order valence-corrected chi connectivity index (χ2v) is 6.86. The second-order valence-electron chi connectivity index (χ2n) is 6.86. The molecule has 2 amide bonds. The van der Waals surface area contributed by atoms with E-state index in [1.54, 1.807) is 36.3 Å². The summed E-state index contributed by atoms with van der Waals surface area (Å²) in [6.45, 7) is 2.42. The van der Waals surface area contributed by atoms with Gasteiger partial charge in [-0.05, 0) is 48.0 Å². The maximum absolute atomic E-state index is 13.0. The molecule has 0 saturated heterocycles. The van der Waals surface area contributed by atoms with Crippen LogP contribution >= 0.6 is 0 Å². The number of nitrogens with one attached hydrogen (secondary N) is 1. The number of amides is 2. The smallest absolute Gasteiger partial charge is 0.290 e. The van der Waals surface area contributed by atoms with Gasteiger partial charge in [0.15, 0.2) is 5.76 Å². The highest BCUT2D eigenvalue weighted by Gasteiger charge is 2.22. The summed E-state index contributed by atoms with van der Waals surface area (Å²) in [5.74, 6) is 0.636. The molecule has 1 N–H and O–H groups in total. The first-order valence-electron chi connectivity index (χ1n) is 9.43. The Morgan fingerprint density at radius 2 is 1.76 bits per heavy atom. The van der Waals surface area contributed by atoms with Gasteiger partial charge in [-0.15, -0.1) is 0 Å². The number of hydrogen-bond acceptors (Lipinski definition) is 5. The van der Waals surface area contributed by atoms with Crippen LogP contribution in [0.2, 0.25) is 0 Å². The van der Waals surface area contributed by atoms with Gasteiger partial charge in [0.2, 0.25) is 5.91 Å². The van der Waals surface area contributed by atoms with Crippen LogP contribution in [0.4, 0.5) is 11.4 Å². The van der Waals surface area contributed by atoms with Crippen LogP contribution in [-0.4, -0.2) is 30.8 Å². The fourth-order valence-corrected chi connectivity index (χ4v) is 3.03. The Morgan fingerprint density at radius 3 is 2.38 bits per heavy atom. The zero-order chi connectivity index (χ0) is 20.8. The lowest BCUT2D eigenvalue weighted by Crippen LogP contribution is -2.30. The Balaban J connectivity index is 1.93. The Bertz CT molecular complexity index is 947. The number of furan rings is 2. The summed E-state index contributed by atoms with van der Waals surface area (Å²) in [4.78, 5) is 28.5. The fraction of sp³-hybridized carbons (Fsp3) is 0.273. The topological polar surface area (TPSA) is 78.9 Å². The van der Waals surface area contributed by atoms with E-state index in [0.29, 0.717) is 31.0 Å². The Hall–Kier alpha value is -3.48. The average Bonchev–Trinajstić information content (AvgIpc) is 3.41. The molecule has 29 heavy (non-hydrogen) atoms. The number of hydrogen-bond donors (Lipinski definition) is 1. The SMILES string of the molecule is CCC(=O)Nc1ccc(N(C)C)c(CN(Cc2ccco2)C(=O)c2ccco2)c1. The van der Waals surface area contributed by atoms with Gasteiger partial charge in [-0.1, -0.05) is 6.92 Å². The van der Waals surface area contributed by atoms with Crippen molar-refractivity contribution in [3.8, 4) is 0 Å². The Labute approximate surface area is 169 Å². The molecule has 0 unspecified atom stereocenters. The number of anilines is 2. The van der Waals surface area contributed by atoms with E-state index in [0.717, 1.165) is 11.3 Å². The van der Waals surface area contributed by atoms with Gasteiger partial charge in [0.05, 0.1) is 19.1 Å². The van der Waals surface area contributed by atoms with Crippen LogP contribution < -0.4 is 10.2 Å². The number of benzene rings is 1. The van der Waals surface area contributed by atoms with Gasteiger partial charge in [0, 0.05) is 38.4 Å². The molecule has 0 aliphatic heterocycles. The summed E-state index contributed by atoms with van der Waals surface area (Å²) in [7, 11) is 3.88. The zero-order valence-corrected chi connectivity index (χ0v) is 16.8. The maximum Gasteiger partial charge on any atom is 0.290 e. The van der Waals surface area contributed by atoms with Crippen molar-refractivity contribution in [2.24, 2.45) is 0 Å². The summed E-state index contributed by atoms with van der Waals surface area (Å²) in [6, 6.07) is 12.6. The molecule has 0 spiro atoms. The first-order valence-corrected chi connectivity index (χ1v) is 9.43. The first-order chi connectivity index (χ1) is 14.0. The molecule has 2 aromatic heterocycles. The number of rotatable bonds is 8. The van der Waals surface area contributed by atoms with E-state index in [4.69, 9.17) is 8.83 Å². The van der Waals surface area contributed by atoms with Crippen LogP contribution in [0, 0.1) is 0 Å². The predicted octanol–water partition coefficient (Wildman–Crippen LogP) is 4.13. The quantitative estimate of drug-likeness (QED) is 0.620. The monoisotopic (exact) mass is 395 g/mol. The van der Waals surface area contributed by atoms with Gasteiger partial charge >= 0.3 is 0 Å². The lowest BCUT2D eigenvalue weighted by molar-refractivity contribution is -0.115. The average molecular weight is 395 g/mol. The molecule has 0 atom stereocenters. The van der Waals surface area contributed by atoms with E-state index in [2.05, 4.69) is 5.32 Å². The predicted molar refractivity (Wildman–Crippen MR) is 111 cm³/mol. The van der Waals surface area contributed by atoms with Crippen molar-refractivity contribution >= 4 is 23.2 Å².